The fourth-order valence-corrected chi connectivity index (χ4v) is 8.34. The largest absolute Gasteiger partial charge is 0.462 e. The average molecular weight is 495 g/mol. The Labute approximate surface area is 206 Å². The van der Waals surface area contributed by atoms with E-state index in [1.54, 1.807) is 13.8 Å². The van der Waals surface area contributed by atoms with Crippen molar-refractivity contribution in [2.24, 2.45) is 34.5 Å². The average Bonchev–Trinajstić information content (AvgIpc) is 3.28. The maximum Gasteiger partial charge on any atom is 0.310 e. The van der Waals surface area contributed by atoms with Gasteiger partial charge in [-0.25, -0.2) is 0 Å². The highest BCUT2D eigenvalue weighted by molar-refractivity contribution is 5.72. The van der Waals surface area contributed by atoms with E-state index in [-0.39, 0.29) is 41.5 Å². The zero-order chi connectivity index (χ0) is 24.9. The van der Waals surface area contributed by atoms with Crippen LogP contribution in [-0.2, 0) is 38.0 Å². The Morgan fingerprint density at radius 1 is 1.11 bits per heavy atom. The monoisotopic (exact) mass is 494 g/mol. The van der Waals surface area contributed by atoms with Crippen LogP contribution >= 0.6 is 0 Å². The van der Waals surface area contributed by atoms with E-state index in [4.69, 9.17) is 28.4 Å². The van der Waals surface area contributed by atoms with E-state index in [0.29, 0.717) is 25.4 Å². The van der Waals surface area contributed by atoms with E-state index >= 15 is 0 Å². The molecule has 2 saturated carbocycles. The summed E-state index contributed by atoms with van der Waals surface area (Å²) in [6, 6.07) is 0. The summed E-state index contributed by atoms with van der Waals surface area (Å²) >= 11 is 0. The standard InChI is InChI=1S/C26H38O9/c1-12(2)21(29)35-23-26-17(10-16(33-23)20(28)25(26)11-31-25)24(5,13(3)8-19(26)32-14(4)27)18-9-15-6-7-30-22(15)34-18/h12-13,15-20,22-23,28H,6-11H2,1-5H3/t13-,15-,16-,17-,18+,19+,20+,22+,23?,24+,25-,26+/m1/s1. The van der Waals surface area contributed by atoms with Crippen LogP contribution in [0.1, 0.15) is 60.3 Å². The fraction of sp³-hybridized carbons (Fsp3) is 0.923. The van der Waals surface area contributed by atoms with E-state index in [9.17, 15) is 14.7 Å². The molecule has 2 bridgehead atoms. The van der Waals surface area contributed by atoms with Crippen LogP contribution in [0.3, 0.4) is 0 Å². The van der Waals surface area contributed by atoms with Crippen LogP contribution in [0.15, 0.2) is 0 Å². The van der Waals surface area contributed by atoms with Gasteiger partial charge in [-0.15, -0.1) is 0 Å². The minimum atomic E-state index is -1.04. The first-order valence-corrected chi connectivity index (χ1v) is 13.2. The van der Waals surface area contributed by atoms with Gasteiger partial charge in [0.2, 0.25) is 6.29 Å². The van der Waals surface area contributed by atoms with E-state index in [1.807, 2.05) is 0 Å². The molecular formula is C26H38O9. The third kappa shape index (κ3) is 3.05. The molecule has 2 spiro atoms. The zero-order valence-electron chi connectivity index (χ0n) is 21.2. The van der Waals surface area contributed by atoms with Gasteiger partial charge in [0.05, 0.1) is 31.3 Å². The van der Waals surface area contributed by atoms with Crippen molar-refractivity contribution in [3.05, 3.63) is 0 Å². The van der Waals surface area contributed by atoms with Crippen LogP contribution in [-0.4, -0.2) is 72.9 Å². The second kappa shape index (κ2) is 7.87. The van der Waals surface area contributed by atoms with Crippen molar-refractivity contribution in [3.8, 4) is 0 Å². The lowest BCUT2D eigenvalue weighted by Gasteiger charge is -2.69. The van der Waals surface area contributed by atoms with Crippen LogP contribution in [0.2, 0.25) is 0 Å². The van der Waals surface area contributed by atoms with Gasteiger partial charge in [-0.05, 0) is 37.5 Å². The number of hydrogen-bond acceptors (Lipinski definition) is 9. The van der Waals surface area contributed by atoms with Gasteiger partial charge in [-0.3, -0.25) is 9.59 Å². The summed E-state index contributed by atoms with van der Waals surface area (Å²) in [5, 5.41) is 11.4. The fourth-order valence-electron chi connectivity index (χ4n) is 8.34. The van der Waals surface area contributed by atoms with E-state index in [2.05, 4.69) is 13.8 Å². The number of ether oxygens (including phenoxy) is 6. The molecule has 12 atom stereocenters. The van der Waals surface area contributed by atoms with Crippen LogP contribution < -0.4 is 0 Å². The minimum Gasteiger partial charge on any atom is -0.462 e. The number of aliphatic hydroxyl groups excluding tert-OH is 1. The molecule has 9 nitrogen and oxygen atoms in total. The Bertz CT molecular complexity index is 889. The van der Waals surface area contributed by atoms with E-state index < -0.39 is 41.6 Å². The van der Waals surface area contributed by atoms with Gasteiger partial charge in [-0.1, -0.05) is 27.7 Å². The SMILES string of the molecule is CC(=O)O[C@H]1C[C@@H](C)[C@](C)([C@@H]2C[C@H]3CCO[C@H]3O2)[C@H]2C[C@H]3OC(OC(=O)C(C)C)[C@@]12[C@@]1(CO1)[C@H]3O. The summed E-state index contributed by atoms with van der Waals surface area (Å²) in [5.74, 6) is -0.768. The molecular weight excluding hydrogens is 456 g/mol. The van der Waals surface area contributed by atoms with Crippen LogP contribution in [0.4, 0.5) is 0 Å². The summed E-state index contributed by atoms with van der Waals surface area (Å²) in [4.78, 5) is 25.2. The van der Waals surface area contributed by atoms with Crippen molar-refractivity contribution in [3.63, 3.8) is 0 Å². The first-order valence-electron chi connectivity index (χ1n) is 13.2. The normalized spacial score (nSPS) is 54.0. The van der Waals surface area contributed by atoms with Gasteiger partial charge >= 0.3 is 11.9 Å². The number of hydrogen-bond donors (Lipinski definition) is 1. The molecule has 0 aromatic rings. The van der Waals surface area contributed by atoms with Gasteiger partial charge in [0, 0.05) is 18.3 Å². The molecule has 5 saturated heterocycles. The summed E-state index contributed by atoms with van der Waals surface area (Å²) in [5.41, 5.74) is -2.39. The topological polar surface area (TPSA) is 113 Å². The second-order valence-electron chi connectivity index (χ2n) is 12.2. The smallest absolute Gasteiger partial charge is 0.310 e. The number of epoxide rings is 1. The summed E-state index contributed by atoms with van der Waals surface area (Å²) in [6.45, 7) is 10.4. The Morgan fingerprint density at radius 3 is 2.49 bits per heavy atom. The van der Waals surface area contributed by atoms with E-state index in [1.165, 1.54) is 6.92 Å². The van der Waals surface area contributed by atoms with Crippen molar-refractivity contribution >= 4 is 11.9 Å². The van der Waals surface area contributed by atoms with Gasteiger partial charge in [0.1, 0.15) is 23.2 Å². The Morgan fingerprint density at radius 2 is 1.86 bits per heavy atom. The molecule has 7 fully saturated rings. The highest BCUT2D eigenvalue weighted by Gasteiger charge is 2.86. The maximum absolute atomic E-state index is 12.9. The number of carbonyl (C=O) groups excluding carboxylic acids is 2. The van der Waals surface area contributed by atoms with Crippen molar-refractivity contribution in [2.75, 3.05) is 13.2 Å². The quantitative estimate of drug-likeness (QED) is 0.464. The van der Waals surface area contributed by atoms with Crippen LogP contribution in [0.5, 0.6) is 0 Å². The lowest BCUT2D eigenvalue weighted by atomic mass is 9.40. The molecule has 0 radical (unpaired) electrons. The summed E-state index contributed by atoms with van der Waals surface area (Å²) in [6.07, 6.45) is -0.339. The van der Waals surface area contributed by atoms with Crippen molar-refractivity contribution in [1.29, 1.82) is 0 Å². The summed E-state index contributed by atoms with van der Waals surface area (Å²) in [7, 11) is 0. The zero-order valence-corrected chi connectivity index (χ0v) is 21.2. The molecule has 196 valence electrons. The molecule has 0 aromatic carbocycles. The summed E-state index contributed by atoms with van der Waals surface area (Å²) < 4.78 is 36.9. The predicted octanol–water partition coefficient (Wildman–Crippen LogP) is 2.18. The van der Waals surface area contributed by atoms with Crippen LogP contribution in [0.25, 0.3) is 0 Å². The molecule has 5 aliphatic heterocycles. The molecule has 9 heteroatoms. The van der Waals surface area contributed by atoms with Crippen molar-refractivity contribution in [1.82, 2.24) is 0 Å². The number of carbonyl (C=O) groups is 2. The van der Waals surface area contributed by atoms with Crippen molar-refractivity contribution < 1.29 is 43.1 Å². The van der Waals surface area contributed by atoms with Gasteiger partial charge in [0.25, 0.3) is 0 Å². The van der Waals surface area contributed by atoms with Crippen molar-refractivity contribution in [2.45, 2.75) is 103 Å². The molecule has 1 N–H and O–H groups in total. The lowest BCUT2D eigenvalue weighted by molar-refractivity contribution is -0.397. The second-order valence-corrected chi connectivity index (χ2v) is 12.2. The molecule has 7 aliphatic rings. The molecule has 2 aliphatic carbocycles. The van der Waals surface area contributed by atoms with Gasteiger partial charge < -0.3 is 33.5 Å². The number of rotatable bonds is 4. The maximum atomic E-state index is 12.9. The van der Waals surface area contributed by atoms with Gasteiger partial charge in [-0.2, -0.15) is 0 Å². The third-order valence-electron chi connectivity index (χ3n) is 10.3. The number of esters is 2. The predicted molar refractivity (Wildman–Crippen MR) is 120 cm³/mol. The number of aliphatic hydroxyl groups is 1. The molecule has 0 amide bonds. The first kappa shape index (κ1) is 24.1. The molecule has 35 heavy (non-hydrogen) atoms. The lowest BCUT2D eigenvalue weighted by Crippen LogP contribution is -2.80. The highest BCUT2D eigenvalue weighted by atomic mass is 16.7. The highest BCUT2D eigenvalue weighted by Crippen LogP contribution is 2.74. The first-order chi connectivity index (χ1) is 16.6. The molecule has 1 unspecified atom stereocenters. The van der Waals surface area contributed by atoms with Crippen LogP contribution in [0, 0.1) is 34.5 Å². The molecule has 0 aromatic heterocycles. The Hall–Kier alpha value is -1.26. The molecule has 7 rings (SSSR count). The number of fused-ring (bicyclic) bond motifs is 2. The molecule has 5 heterocycles. The Kier molecular flexibility index (Phi) is 5.42. The third-order valence-corrected chi connectivity index (χ3v) is 10.3. The van der Waals surface area contributed by atoms with E-state index in [0.717, 1.165) is 19.4 Å². The van der Waals surface area contributed by atoms with Gasteiger partial charge in [0.15, 0.2) is 6.29 Å². The minimum absolute atomic E-state index is 0.0679. The Balaban J connectivity index is 1.48.